The molecule has 0 aliphatic heterocycles. The third kappa shape index (κ3) is 4.00. The number of hydrogen-bond acceptors (Lipinski definition) is 2. The van der Waals surface area contributed by atoms with E-state index >= 15 is 0 Å². The number of para-hydroxylation sites is 3. The number of anilines is 1. The van der Waals surface area contributed by atoms with E-state index in [-0.39, 0.29) is 12.3 Å². The summed E-state index contributed by atoms with van der Waals surface area (Å²) in [5.74, 6) is 1.50. The third-order valence-corrected chi connectivity index (χ3v) is 2.64. The molecule has 1 amide bonds. The lowest BCUT2D eigenvalue weighted by atomic mass is 10.2. The summed E-state index contributed by atoms with van der Waals surface area (Å²) >= 11 is 5.54. The zero-order chi connectivity index (χ0) is 13.5. The van der Waals surface area contributed by atoms with Crippen molar-refractivity contribution in [1.82, 2.24) is 0 Å². The lowest BCUT2D eigenvalue weighted by Gasteiger charge is -2.11. The maximum atomic E-state index is 11.6. The minimum Gasteiger partial charge on any atom is -0.455 e. The van der Waals surface area contributed by atoms with Gasteiger partial charge in [0.25, 0.3) is 0 Å². The smallest absolute Gasteiger partial charge is 0.225 e. The number of ether oxygens (including phenoxy) is 1. The van der Waals surface area contributed by atoms with Crippen LogP contribution in [-0.2, 0) is 4.79 Å². The van der Waals surface area contributed by atoms with Crippen molar-refractivity contribution in [3.05, 3.63) is 54.6 Å². The highest BCUT2D eigenvalue weighted by Gasteiger charge is 2.07. The molecular formula is C15H14ClNO2. The zero-order valence-corrected chi connectivity index (χ0v) is 11.1. The Morgan fingerprint density at radius 3 is 2.47 bits per heavy atom. The van der Waals surface area contributed by atoms with Gasteiger partial charge in [0.05, 0.1) is 5.69 Å². The Kier molecular flexibility index (Phi) is 4.81. The van der Waals surface area contributed by atoms with Crippen LogP contribution < -0.4 is 10.1 Å². The van der Waals surface area contributed by atoms with Crippen molar-refractivity contribution in [2.24, 2.45) is 0 Å². The maximum Gasteiger partial charge on any atom is 0.225 e. The van der Waals surface area contributed by atoms with Crippen LogP contribution in [0, 0.1) is 0 Å². The molecule has 2 aromatic rings. The van der Waals surface area contributed by atoms with Gasteiger partial charge in [-0.2, -0.15) is 0 Å². The standard InChI is InChI=1S/C15H14ClNO2/c16-11-10-15(18)17-13-8-4-5-9-14(13)19-12-6-2-1-3-7-12/h1-9H,10-11H2,(H,17,18). The highest BCUT2D eigenvalue weighted by atomic mass is 35.5. The van der Waals surface area contributed by atoms with Crippen molar-refractivity contribution in [2.75, 3.05) is 11.2 Å². The second-order valence-corrected chi connectivity index (χ2v) is 4.28. The van der Waals surface area contributed by atoms with E-state index in [1.54, 1.807) is 6.07 Å². The molecule has 4 heteroatoms. The molecule has 2 aromatic carbocycles. The zero-order valence-electron chi connectivity index (χ0n) is 10.3. The Bertz CT molecular complexity index is 543. The van der Waals surface area contributed by atoms with Crippen molar-refractivity contribution in [1.29, 1.82) is 0 Å². The number of benzene rings is 2. The van der Waals surface area contributed by atoms with E-state index in [1.807, 2.05) is 48.5 Å². The van der Waals surface area contributed by atoms with Gasteiger partial charge in [0.15, 0.2) is 5.75 Å². The molecule has 0 radical (unpaired) electrons. The number of amides is 1. The molecule has 0 spiro atoms. The van der Waals surface area contributed by atoms with Crippen molar-refractivity contribution in [3.8, 4) is 11.5 Å². The first-order chi connectivity index (χ1) is 9.29. The fraction of sp³-hybridized carbons (Fsp3) is 0.133. The normalized spacial score (nSPS) is 9.95. The average molecular weight is 276 g/mol. The number of alkyl halides is 1. The van der Waals surface area contributed by atoms with Gasteiger partial charge in [-0.3, -0.25) is 4.79 Å². The molecule has 19 heavy (non-hydrogen) atoms. The molecule has 0 aliphatic rings. The summed E-state index contributed by atoms with van der Waals surface area (Å²) in [7, 11) is 0. The summed E-state index contributed by atoms with van der Waals surface area (Å²) in [6.07, 6.45) is 0.279. The molecule has 0 fully saturated rings. The number of carbonyl (C=O) groups is 1. The van der Waals surface area contributed by atoms with Crippen LogP contribution >= 0.6 is 11.6 Å². The SMILES string of the molecule is O=C(CCCl)Nc1ccccc1Oc1ccccc1. The number of carbonyl (C=O) groups excluding carboxylic acids is 1. The van der Waals surface area contributed by atoms with Gasteiger partial charge >= 0.3 is 0 Å². The molecule has 1 N–H and O–H groups in total. The van der Waals surface area contributed by atoms with Gasteiger partial charge in [0, 0.05) is 12.3 Å². The van der Waals surface area contributed by atoms with Crippen LogP contribution in [0.5, 0.6) is 11.5 Å². The lowest BCUT2D eigenvalue weighted by Crippen LogP contribution is -2.12. The molecule has 0 saturated heterocycles. The van der Waals surface area contributed by atoms with Crippen LogP contribution in [0.25, 0.3) is 0 Å². The monoisotopic (exact) mass is 275 g/mol. The predicted molar refractivity (Wildman–Crippen MR) is 76.9 cm³/mol. The van der Waals surface area contributed by atoms with E-state index in [9.17, 15) is 4.79 Å². The molecule has 0 aromatic heterocycles. The molecule has 0 unspecified atom stereocenters. The van der Waals surface area contributed by atoms with E-state index in [0.29, 0.717) is 17.3 Å². The molecule has 2 rings (SSSR count). The van der Waals surface area contributed by atoms with E-state index in [2.05, 4.69) is 5.32 Å². The first-order valence-corrected chi connectivity index (χ1v) is 6.51. The van der Waals surface area contributed by atoms with Crippen LogP contribution in [0.4, 0.5) is 5.69 Å². The third-order valence-electron chi connectivity index (χ3n) is 2.45. The highest BCUT2D eigenvalue weighted by molar-refractivity contribution is 6.19. The molecule has 3 nitrogen and oxygen atoms in total. The minimum atomic E-state index is -0.126. The van der Waals surface area contributed by atoms with Gasteiger partial charge in [-0.05, 0) is 24.3 Å². The van der Waals surface area contributed by atoms with Gasteiger partial charge in [-0.25, -0.2) is 0 Å². The first kappa shape index (κ1) is 13.4. The second kappa shape index (κ2) is 6.81. The number of hydrogen-bond donors (Lipinski definition) is 1. The largest absolute Gasteiger partial charge is 0.455 e. The molecule has 98 valence electrons. The van der Waals surface area contributed by atoms with Gasteiger partial charge in [-0.1, -0.05) is 30.3 Å². The van der Waals surface area contributed by atoms with E-state index < -0.39 is 0 Å². The van der Waals surface area contributed by atoms with Crippen molar-refractivity contribution >= 4 is 23.2 Å². The highest BCUT2D eigenvalue weighted by Crippen LogP contribution is 2.29. The molecule has 0 aliphatic carbocycles. The van der Waals surface area contributed by atoms with Crippen LogP contribution in [0.1, 0.15) is 6.42 Å². The molecular weight excluding hydrogens is 262 g/mol. The molecule has 0 saturated carbocycles. The predicted octanol–water partition coefficient (Wildman–Crippen LogP) is 4.05. The van der Waals surface area contributed by atoms with E-state index in [1.165, 1.54) is 0 Å². The quantitative estimate of drug-likeness (QED) is 0.836. The Hall–Kier alpha value is -2.00. The Labute approximate surface area is 117 Å². The summed E-state index contributed by atoms with van der Waals surface area (Å²) in [6.45, 7) is 0. The molecule has 0 atom stereocenters. The lowest BCUT2D eigenvalue weighted by molar-refractivity contribution is -0.115. The second-order valence-electron chi connectivity index (χ2n) is 3.90. The number of halogens is 1. The summed E-state index contributed by atoms with van der Waals surface area (Å²) in [4.78, 5) is 11.6. The number of nitrogens with one attached hydrogen (secondary N) is 1. The van der Waals surface area contributed by atoms with Gasteiger partial charge in [0.2, 0.25) is 5.91 Å². The summed E-state index contributed by atoms with van der Waals surface area (Å²) in [5.41, 5.74) is 0.640. The fourth-order valence-corrected chi connectivity index (χ4v) is 1.74. The Balaban J connectivity index is 2.14. The van der Waals surface area contributed by atoms with Crippen molar-refractivity contribution in [3.63, 3.8) is 0 Å². The summed E-state index contributed by atoms with van der Waals surface area (Å²) in [6, 6.07) is 16.7. The minimum absolute atomic E-state index is 0.126. The van der Waals surface area contributed by atoms with E-state index in [4.69, 9.17) is 16.3 Å². The molecule has 0 heterocycles. The topological polar surface area (TPSA) is 38.3 Å². The van der Waals surface area contributed by atoms with Crippen LogP contribution in [0.15, 0.2) is 54.6 Å². The van der Waals surface area contributed by atoms with Crippen molar-refractivity contribution in [2.45, 2.75) is 6.42 Å². The van der Waals surface area contributed by atoms with Gasteiger partial charge in [0.1, 0.15) is 5.75 Å². The van der Waals surface area contributed by atoms with Crippen LogP contribution in [0.3, 0.4) is 0 Å². The Morgan fingerprint density at radius 1 is 1.05 bits per heavy atom. The average Bonchev–Trinajstić information content (AvgIpc) is 2.42. The van der Waals surface area contributed by atoms with Gasteiger partial charge < -0.3 is 10.1 Å². The van der Waals surface area contributed by atoms with Crippen LogP contribution in [-0.4, -0.2) is 11.8 Å². The summed E-state index contributed by atoms with van der Waals surface area (Å²) in [5, 5.41) is 2.78. The number of rotatable bonds is 5. The fourth-order valence-electron chi connectivity index (χ4n) is 1.57. The first-order valence-electron chi connectivity index (χ1n) is 5.97. The van der Waals surface area contributed by atoms with Gasteiger partial charge in [-0.15, -0.1) is 11.6 Å². The maximum absolute atomic E-state index is 11.6. The van der Waals surface area contributed by atoms with Crippen LogP contribution in [0.2, 0.25) is 0 Å². The Morgan fingerprint density at radius 2 is 1.74 bits per heavy atom. The summed E-state index contributed by atoms with van der Waals surface area (Å²) < 4.78 is 5.74. The molecule has 0 bridgehead atoms. The van der Waals surface area contributed by atoms with E-state index in [0.717, 1.165) is 5.75 Å². The van der Waals surface area contributed by atoms with Crippen molar-refractivity contribution < 1.29 is 9.53 Å².